The van der Waals surface area contributed by atoms with Gasteiger partial charge in [-0.05, 0) is 65.3 Å². The minimum absolute atomic E-state index is 0.0409. The molecule has 2 fully saturated rings. The van der Waals surface area contributed by atoms with Crippen LogP contribution in [-0.4, -0.2) is 75.3 Å². The van der Waals surface area contributed by atoms with Crippen LogP contribution < -0.4 is 15.9 Å². The molecule has 0 spiro atoms. The number of hydrogen-bond donors (Lipinski definition) is 3. The first-order valence-corrected chi connectivity index (χ1v) is 20.2. The van der Waals surface area contributed by atoms with E-state index in [9.17, 15) is 28.6 Å². The topological polar surface area (TPSA) is 155 Å². The Balaban J connectivity index is 1.31. The standard InChI is InChI=1S/C40H53N4O8P/c1-7-28-21-40(28,53(49,50)30-17-9-8-10-18-30)42-34(45)32-20-29-23-44(32)35(46)33(38(2,3)4)41-36(47)51-25-39(5,6)19-12-11-14-26-15-13-16-27-22-43(24-31(26)27)37(48)52-29/h7-10,13,15-18,28-29,32-33H,1,11-12,14,19-25H2,2-6H3,(H,41,47)(H,42,45)(H,49,50)/t28-,29-,32+,33-,40+/m1/s1. The van der Waals surface area contributed by atoms with E-state index in [-0.39, 0.29) is 36.7 Å². The average molecular weight is 749 g/mol. The van der Waals surface area contributed by atoms with Gasteiger partial charge in [0.05, 0.1) is 13.2 Å². The maximum absolute atomic E-state index is 14.6. The lowest BCUT2D eigenvalue weighted by atomic mass is 9.85. The van der Waals surface area contributed by atoms with Crippen LogP contribution in [0.3, 0.4) is 0 Å². The Morgan fingerprint density at radius 3 is 2.45 bits per heavy atom. The van der Waals surface area contributed by atoms with Crippen molar-refractivity contribution in [2.45, 2.75) is 110 Å². The lowest BCUT2D eigenvalue weighted by Gasteiger charge is -2.36. The fourth-order valence-electron chi connectivity index (χ4n) is 7.95. The van der Waals surface area contributed by atoms with Gasteiger partial charge in [-0.3, -0.25) is 19.1 Å². The Morgan fingerprint density at radius 1 is 1.06 bits per heavy atom. The second kappa shape index (κ2) is 14.6. The number of amides is 4. The highest BCUT2D eigenvalue weighted by molar-refractivity contribution is 7.68. The summed E-state index contributed by atoms with van der Waals surface area (Å²) in [6, 6.07) is 12.0. The number of alkyl carbamates (subject to hydrolysis) is 1. The molecule has 6 atom stereocenters. The van der Waals surface area contributed by atoms with Gasteiger partial charge in [0.25, 0.3) is 7.37 Å². The Hall–Kier alpha value is -4.15. The number of carbonyl (C=O) groups excluding carboxylic acids is 4. The first kappa shape index (κ1) is 38.6. The number of rotatable bonds is 5. The Kier molecular flexibility index (Phi) is 10.6. The molecule has 1 unspecified atom stereocenters. The highest BCUT2D eigenvalue weighted by Gasteiger charge is 2.66. The van der Waals surface area contributed by atoms with Crippen LogP contribution in [0.4, 0.5) is 9.59 Å². The number of benzene rings is 2. The lowest BCUT2D eigenvalue weighted by Crippen LogP contribution is -2.58. The van der Waals surface area contributed by atoms with E-state index in [2.05, 4.69) is 23.3 Å². The van der Waals surface area contributed by atoms with Gasteiger partial charge in [0.1, 0.15) is 23.5 Å². The van der Waals surface area contributed by atoms with Crippen molar-refractivity contribution in [1.82, 2.24) is 20.4 Å². The van der Waals surface area contributed by atoms with E-state index < -0.39 is 66.2 Å². The molecule has 4 bridgehead atoms. The third-order valence-electron chi connectivity index (χ3n) is 11.2. The molecule has 3 N–H and O–H groups in total. The van der Waals surface area contributed by atoms with Crippen LogP contribution in [0.15, 0.2) is 61.2 Å². The van der Waals surface area contributed by atoms with Gasteiger partial charge in [0, 0.05) is 30.7 Å². The number of fused-ring (bicyclic) bond motifs is 3. The number of nitrogens with zero attached hydrogens (tertiary/aromatic N) is 2. The molecule has 1 saturated carbocycles. The molecule has 0 radical (unpaired) electrons. The van der Waals surface area contributed by atoms with Gasteiger partial charge in [-0.15, -0.1) is 6.58 Å². The molecule has 4 amide bonds. The molecular weight excluding hydrogens is 695 g/mol. The van der Waals surface area contributed by atoms with Crippen LogP contribution >= 0.6 is 7.37 Å². The van der Waals surface area contributed by atoms with E-state index in [1.165, 1.54) is 10.5 Å². The lowest BCUT2D eigenvalue weighted by molar-refractivity contribution is -0.142. The van der Waals surface area contributed by atoms with Crippen molar-refractivity contribution in [3.8, 4) is 0 Å². The Labute approximate surface area is 312 Å². The summed E-state index contributed by atoms with van der Waals surface area (Å²) in [6.45, 7) is 14.2. The molecule has 3 aliphatic heterocycles. The third-order valence-corrected chi connectivity index (χ3v) is 13.9. The highest BCUT2D eigenvalue weighted by Crippen LogP contribution is 2.68. The molecule has 286 valence electrons. The summed E-state index contributed by atoms with van der Waals surface area (Å²) < 4.78 is 25.8. The van der Waals surface area contributed by atoms with Crippen LogP contribution in [-0.2, 0) is 43.1 Å². The molecule has 3 heterocycles. The minimum atomic E-state index is -4.19. The fourth-order valence-corrected chi connectivity index (χ4v) is 10.3. The van der Waals surface area contributed by atoms with Crippen molar-refractivity contribution in [2.24, 2.45) is 16.7 Å². The van der Waals surface area contributed by atoms with Crippen LogP contribution in [0.25, 0.3) is 0 Å². The normalized spacial score (nSPS) is 28.9. The van der Waals surface area contributed by atoms with Gasteiger partial charge in [-0.2, -0.15) is 0 Å². The summed E-state index contributed by atoms with van der Waals surface area (Å²) in [4.78, 5) is 70.4. The minimum Gasteiger partial charge on any atom is -0.449 e. The van der Waals surface area contributed by atoms with Crippen LogP contribution in [0.1, 0.15) is 83.4 Å². The zero-order valence-electron chi connectivity index (χ0n) is 31.4. The summed E-state index contributed by atoms with van der Waals surface area (Å²) in [5.74, 6) is -1.69. The molecule has 0 aromatic heterocycles. The maximum Gasteiger partial charge on any atom is 0.410 e. The van der Waals surface area contributed by atoms with E-state index in [1.807, 2.05) is 26.0 Å². The van der Waals surface area contributed by atoms with E-state index in [0.717, 1.165) is 36.8 Å². The molecule has 12 nitrogen and oxygen atoms in total. The van der Waals surface area contributed by atoms with Gasteiger partial charge in [0.15, 0.2) is 0 Å². The van der Waals surface area contributed by atoms with Crippen molar-refractivity contribution in [2.75, 3.05) is 13.2 Å². The molecule has 6 rings (SSSR count). The molecular formula is C40H53N4O8P. The predicted octanol–water partition coefficient (Wildman–Crippen LogP) is 5.62. The molecule has 2 aromatic rings. The van der Waals surface area contributed by atoms with Crippen LogP contribution in [0.2, 0.25) is 0 Å². The zero-order valence-corrected chi connectivity index (χ0v) is 32.3. The van der Waals surface area contributed by atoms with E-state index in [4.69, 9.17) is 9.47 Å². The van der Waals surface area contributed by atoms with E-state index in [0.29, 0.717) is 13.1 Å². The van der Waals surface area contributed by atoms with Crippen molar-refractivity contribution in [1.29, 1.82) is 0 Å². The molecule has 1 aliphatic carbocycles. The number of ether oxygens (including phenoxy) is 2. The first-order chi connectivity index (χ1) is 25.0. The summed E-state index contributed by atoms with van der Waals surface area (Å²) in [5, 5.41) is 4.32. The maximum atomic E-state index is 14.6. The monoisotopic (exact) mass is 748 g/mol. The Bertz CT molecular complexity index is 1810. The number of nitrogens with one attached hydrogen (secondary N) is 2. The summed E-state index contributed by atoms with van der Waals surface area (Å²) >= 11 is 0. The summed E-state index contributed by atoms with van der Waals surface area (Å²) in [7, 11) is -4.19. The van der Waals surface area contributed by atoms with Gasteiger partial charge < -0.3 is 29.9 Å². The van der Waals surface area contributed by atoms with Gasteiger partial charge in [0.2, 0.25) is 11.8 Å². The van der Waals surface area contributed by atoms with Gasteiger partial charge in [-0.1, -0.05) is 83.5 Å². The molecule has 13 heteroatoms. The number of hydrogen-bond acceptors (Lipinski definition) is 7. The second-order valence-electron chi connectivity index (χ2n) is 16.9. The van der Waals surface area contributed by atoms with E-state index >= 15 is 0 Å². The number of cyclic esters (lactones) is 1. The third kappa shape index (κ3) is 7.90. The van der Waals surface area contributed by atoms with Crippen molar-refractivity contribution >= 4 is 36.7 Å². The first-order valence-electron chi connectivity index (χ1n) is 18.6. The van der Waals surface area contributed by atoms with Crippen molar-refractivity contribution in [3.05, 3.63) is 77.9 Å². The predicted molar refractivity (Wildman–Crippen MR) is 200 cm³/mol. The Morgan fingerprint density at radius 2 is 1.77 bits per heavy atom. The molecule has 1 saturated heterocycles. The number of carbonyl (C=O) groups is 4. The molecule has 4 aliphatic rings. The largest absolute Gasteiger partial charge is 0.449 e. The highest BCUT2D eigenvalue weighted by atomic mass is 31.2. The molecule has 2 aromatic carbocycles. The van der Waals surface area contributed by atoms with Crippen molar-refractivity contribution < 1.29 is 38.1 Å². The van der Waals surface area contributed by atoms with Gasteiger partial charge >= 0.3 is 12.2 Å². The summed E-state index contributed by atoms with van der Waals surface area (Å²) in [5.41, 5.74) is 2.25. The SMILES string of the molecule is C=C[C@@H]1C[C@]1(NC(=O)[C@@H]1C[C@@H]2CN1C(=O)[C@H](C(C)(C)C)NC(=O)OCC(C)(C)CCCCc1cccc3c1CN(C3)C(=O)O2)P(=O)(O)c1ccccc1. The molecule has 53 heavy (non-hydrogen) atoms. The van der Waals surface area contributed by atoms with Crippen molar-refractivity contribution in [3.63, 3.8) is 0 Å². The summed E-state index contributed by atoms with van der Waals surface area (Å²) in [6.07, 6.45) is 3.08. The van der Waals surface area contributed by atoms with Gasteiger partial charge in [-0.25, -0.2) is 9.59 Å². The number of aryl methyl sites for hydroxylation is 1. The fraction of sp³-hybridized carbons (Fsp3) is 0.550. The average Bonchev–Trinajstić information content (AvgIpc) is 3.42. The van der Waals surface area contributed by atoms with Crippen LogP contribution in [0, 0.1) is 16.7 Å². The second-order valence-corrected chi connectivity index (χ2v) is 19.4. The zero-order chi connectivity index (χ0) is 38.3. The van der Waals surface area contributed by atoms with Crippen LogP contribution in [0.5, 0.6) is 0 Å². The quantitative estimate of drug-likeness (QED) is 0.263. The smallest absolute Gasteiger partial charge is 0.410 e. The van der Waals surface area contributed by atoms with E-state index in [1.54, 1.807) is 62.1 Å².